The predicted molar refractivity (Wildman–Crippen MR) is 110 cm³/mol. The van der Waals surface area contributed by atoms with Crippen molar-refractivity contribution >= 4 is 17.5 Å². The van der Waals surface area contributed by atoms with Crippen LogP contribution in [0.15, 0.2) is 48.5 Å². The van der Waals surface area contributed by atoms with E-state index in [1.807, 2.05) is 47.5 Å². The van der Waals surface area contributed by atoms with Gasteiger partial charge < -0.3 is 14.8 Å². The van der Waals surface area contributed by atoms with E-state index in [1.165, 1.54) is 0 Å². The number of para-hydroxylation sites is 1. The number of benzene rings is 2. The molecule has 1 saturated heterocycles. The molecular weight excluding hydrogens is 392 g/mol. The molecule has 154 valence electrons. The SMILES string of the molecule is O=C(NC1CC1)c1ccccc1OCCCN1CC(Oc2ccc(Cl)cc2)CO1. The number of carbonyl (C=O) groups excluding carboxylic acids is 1. The fraction of sp³-hybridized carbons (Fsp3) is 0.409. The minimum absolute atomic E-state index is 0.0102. The molecule has 1 aliphatic heterocycles. The highest BCUT2D eigenvalue weighted by Crippen LogP contribution is 2.23. The van der Waals surface area contributed by atoms with Crippen molar-refractivity contribution in [3.63, 3.8) is 0 Å². The average Bonchev–Trinajstić information content (AvgIpc) is 3.43. The van der Waals surface area contributed by atoms with Crippen molar-refractivity contribution in [3.05, 3.63) is 59.1 Å². The topological polar surface area (TPSA) is 60.0 Å². The van der Waals surface area contributed by atoms with E-state index in [2.05, 4.69) is 5.32 Å². The van der Waals surface area contributed by atoms with Gasteiger partial charge in [0.2, 0.25) is 0 Å². The minimum Gasteiger partial charge on any atom is -0.493 e. The van der Waals surface area contributed by atoms with Gasteiger partial charge in [-0.25, -0.2) is 0 Å². The second-order valence-corrected chi connectivity index (χ2v) is 7.76. The van der Waals surface area contributed by atoms with Gasteiger partial charge in [0.05, 0.1) is 18.7 Å². The molecule has 4 rings (SSSR count). The predicted octanol–water partition coefficient (Wildman–Crippen LogP) is 3.70. The van der Waals surface area contributed by atoms with Gasteiger partial charge in [0.25, 0.3) is 5.91 Å². The maximum Gasteiger partial charge on any atom is 0.255 e. The van der Waals surface area contributed by atoms with Gasteiger partial charge in [0, 0.05) is 17.6 Å². The van der Waals surface area contributed by atoms with Gasteiger partial charge in [-0.1, -0.05) is 23.7 Å². The lowest BCUT2D eigenvalue weighted by molar-refractivity contribution is -0.111. The van der Waals surface area contributed by atoms with Crippen LogP contribution in [0.5, 0.6) is 11.5 Å². The largest absolute Gasteiger partial charge is 0.493 e. The summed E-state index contributed by atoms with van der Waals surface area (Å²) in [6, 6.07) is 15.0. The summed E-state index contributed by atoms with van der Waals surface area (Å²) in [6.07, 6.45) is 2.90. The van der Waals surface area contributed by atoms with Gasteiger partial charge in [0.1, 0.15) is 24.2 Å². The Balaban J connectivity index is 1.18. The number of hydroxylamine groups is 2. The van der Waals surface area contributed by atoms with Crippen LogP contribution in [0.3, 0.4) is 0 Å². The number of ether oxygens (including phenoxy) is 2. The molecule has 2 aromatic rings. The minimum atomic E-state index is -0.0619. The maximum absolute atomic E-state index is 12.3. The lowest BCUT2D eigenvalue weighted by Gasteiger charge is -2.15. The molecule has 1 amide bonds. The number of nitrogens with one attached hydrogen (secondary N) is 1. The number of halogens is 1. The Labute approximate surface area is 175 Å². The maximum atomic E-state index is 12.3. The Hall–Kier alpha value is -2.28. The summed E-state index contributed by atoms with van der Waals surface area (Å²) < 4.78 is 11.8. The molecule has 0 aromatic heterocycles. The molecule has 6 nitrogen and oxygen atoms in total. The van der Waals surface area contributed by atoms with Gasteiger partial charge in [-0.15, -0.1) is 0 Å². The summed E-state index contributed by atoms with van der Waals surface area (Å²) in [6.45, 7) is 2.46. The van der Waals surface area contributed by atoms with E-state index >= 15 is 0 Å². The smallest absolute Gasteiger partial charge is 0.255 e. The fourth-order valence-corrected chi connectivity index (χ4v) is 3.27. The highest BCUT2D eigenvalue weighted by molar-refractivity contribution is 6.30. The zero-order valence-electron chi connectivity index (χ0n) is 16.2. The van der Waals surface area contributed by atoms with Crippen molar-refractivity contribution in [2.75, 3.05) is 26.3 Å². The molecule has 2 fully saturated rings. The Morgan fingerprint density at radius 1 is 1.17 bits per heavy atom. The zero-order valence-corrected chi connectivity index (χ0v) is 16.9. The lowest BCUT2D eigenvalue weighted by Crippen LogP contribution is -2.27. The van der Waals surface area contributed by atoms with E-state index in [0.29, 0.717) is 42.1 Å². The van der Waals surface area contributed by atoms with Crippen molar-refractivity contribution in [1.29, 1.82) is 0 Å². The van der Waals surface area contributed by atoms with E-state index in [9.17, 15) is 4.79 Å². The molecule has 0 spiro atoms. The molecule has 1 saturated carbocycles. The van der Waals surface area contributed by atoms with Crippen molar-refractivity contribution < 1.29 is 19.1 Å². The lowest BCUT2D eigenvalue weighted by atomic mass is 10.2. The fourth-order valence-electron chi connectivity index (χ4n) is 3.15. The standard InChI is InChI=1S/C22H25ClN2O4/c23-16-6-10-18(11-7-16)29-19-14-25(28-15-19)12-3-13-27-21-5-2-1-4-20(21)22(26)24-17-8-9-17/h1-2,4-7,10-11,17,19H,3,8-9,12-15H2,(H,24,26). The number of hydrogen-bond donors (Lipinski definition) is 1. The monoisotopic (exact) mass is 416 g/mol. The van der Waals surface area contributed by atoms with Crippen LogP contribution in [0.2, 0.25) is 5.02 Å². The van der Waals surface area contributed by atoms with E-state index < -0.39 is 0 Å². The quantitative estimate of drug-likeness (QED) is 0.631. The summed E-state index contributed by atoms with van der Waals surface area (Å²) in [4.78, 5) is 18.0. The Kier molecular flexibility index (Phi) is 6.54. The molecule has 1 unspecified atom stereocenters. The third-order valence-electron chi connectivity index (χ3n) is 4.82. The first-order chi connectivity index (χ1) is 14.2. The molecule has 7 heteroatoms. The Morgan fingerprint density at radius 2 is 1.97 bits per heavy atom. The highest BCUT2D eigenvalue weighted by Gasteiger charge is 2.26. The van der Waals surface area contributed by atoms with Gasteiger partial charge >= 0.3 is 0 Å². The number of carbonyl (C=O) groups is 1. The van der Waals surface area contributed by atoms with E-state index in [4.69, 9.17) is 25.9 Å². The molecule has 29 heavy (non-hydrogen) atoms. The van der Waals surface area contributed by atoms with Crippen molar-refractivity contribution in [2.24, 2.45) is 0 Å². The highest BCUT2D eigenvalue weighted by atomic mass is 35.5. The summed E-state index contributed by atoms with van der Waals surface area (Å²) in [7, 11) is 0. The van der Waals surface area contributed by atoms with Crippen LogP contribution in [-0.2, 0) is 4.84 Å². The van der Waals surface area contributed by atoms with Crippen LogP contribution < -0.4 is 14.8 Å². The molecule has 0 bridgehead atoms. The third-order valence-corrected chi connectivity index (χ3v) is 5.07. The van der Waals surface area contributed by atoms with Gasteiger partial charge in [-0.3, -0.25) is 9.63 Å². The molecule has 0 radical (unpaired) electrons. The van der Waals surface area contributed by atoms with Crippen molar-refractivity contribution in [3.8, 4) is 11.5 Å². The van der Waals surface area contributed by atoms with E-state index in [0.717, 1.165) is 31.6 Å². The number of hydrogen-bond acceptors (Lipinski definition) is 5. The van der Waals surface area contributed by atoms with Crippen LogP contribution in [-0.4, -0.2) is 49.4 Å². The molecule has 1 atom stereocenters. The first-order valence-corrected chi connectivity index (χ1v) is 10.4. The van der Waals surface area contributed by atoms with E-state index in [-0.39, 0.29) is 12.0 Å². The Bertz CT molecular complexity index is 826. The van der Waals surface area contributed by atoms with Gasteiger partial charge in [0.15, 0.2) is 0 Å². The average molecular weight is 417 g/mol. The summed E-state index contributed by atoms with van der Waals surface area (Å²) in [5, 5.41) is 5.59. The summed E-state index contributed by atoms with van der Waals surface area (Å²) >= 11 is 5.90. The molecule has 2 aromatic carbocycles. The second-order valence-electron chi connectivity index (χ2n) is 7.32. The van der Waals surface area contributed by atoms with E-state index in [1.54, 1.807) is 6.07 Å². The van der Waals surface area contributed by atoms with Crippen LogP contribution in [0.1, 0.15) is 29.6 Å². The van der Waals surface area contributed by atoms with Crippen molar-refractivity contribution in [2.45, 2.75) is 31.4 Å². The van der Waals surface area contributed by atoms with Crippen LogP contribution in [0.25, 0.3) is 0 Å². The van der Waals surface area contributed by atoms with Gasteiger partial charge in [-0.05, 0) is 55.7 Å². The van der Waals surface area contributed by atoms with Crippen LogP contribution in [0.4, 0.5) is 0 Å². The summed E-state index contributed by atoms with van der Waals surface area (Å²) in [5.74, 6) is 1.35. The second kappa shape index (κ2) is 9.48. The molecule has 1 aliphatic carbocycles. The number of amides is 1. The third kappa shape index (κ3) is 5.85. The van der Waals surface area contributed by atoms with Crippen LogP contribution in [0, 0.1) is 0 Å². The summed E-state index contributed by atoms with van der Waals surface area (Å²) in [5.41, 5.74) is 0.591. The van der Waals surface area contributed by atoms with Crippen LogP contribution >= 0.6 is 11.6 Å². The number of rotatable bonds is 9. The Morgan fingerprint density at radius 3 is 2.76 bits per heavy atom. The molecule has 1 heterocycles. The number of nitrogens with zero attached hydrogens (tertiary/aromatic N) is 1. The molecular formula is C22H25ClN2O4. The first kappa shape index (κ1) is 20.0. The first-order valence-electron chi connectivity index (χ1n) is 10.00. The zero-order chi connectivity index (χ0) is 20.1. The molecule has 2 aliphatic rings. The van der Waals surface area contributed by atoms with Crippen molar-refractivity contribution in [1.82, 2.24) is 10.4 Å². The normalized spacial score (nSPS) is 19.1. The van der Waals surface area contributed by atoms with Gasteiger partial charge in [-0.2, -0.15) is 5.06 Å². The molecule has 1 N–H and O–H groups in total.